The minimum Gasteiger partial charge on any atom is -0.383 e. The first-order valence-corrected chi connectivity index (χ1v) is 5.52. The van der Waals surface area contributed by atoms with Crippen molar-refractivity contribution in [2.45, 2.75) is 19.4 Å². The van der Waals surface area contributed by atoms with Gasteiger partial charge < -0.3 is 15.0 Å². The molecule has 0 saturated heterocycles. The van der Waals surface area contributed by atoms with Gasteiger partial charge in [0.2, 0.25) is 0 Å². The molecule has 3 atom stereocenters. The van der Waals surface area contributed by atoms with Gasteiger partial charge in [0.25, 0.3) is 0 Å². The van der Waals surface area contributed by atoms with E-state index in [2.05, 4.69) is 24.2 Å². The highest BCUT2D eigenvalue weighted by molar-refractivity contribution is 4.85. The first kappa shape index (κ1) is 12.0. The number of methoxy groups -OCH3 is 1. The molecule has 1 aliphatic rings. The van der Waals surface area contributed by atoms with E-state index in [4.69, 9.17) is 4.74 Å². The lowest BCUT2D eigenvalue weighted by atomic mass is 10.2. The number of hydrogen-bond acceptors (Lipinski definition) is 3. The Morgan fingerprint density at radius 3 is 2.64 bits per heavy atom. The summed E-state index contributed by atoms with van der Waals surface area (Å²) in [5.74, 6) is 1.90. The van der Waals surface area contributed by atoms with Crippen LogP contribution >= 0.6 is 0 Å². The lowest BCUT2D eigenvalue weighted by Crippen LogP contribution is -2.41. The molecule has 1 rings (SSSR count). The number of rotatable bonds is 7. The molecular formula is C11H24N2O. The van der Waals surface area contributed by atoms with Crippen LogP contribution in [0.5, 0.6) is 0 Å². The highest BCUT2D eigenvalue weighted by Gasteiger charge is 2.33. The van der Waals surface area contributed by atoms with Crippen LogP contribution in [0.1, 0.15) is 13.3 Å². The predicted octanol–water partition coefficient (Wildman–Crippen LogP) is 0.809. The summed E-state index contributed by atoms with van der Waals surface area (Å²) in [5, 5.41) is 3.27. The van der Waals surface area contributed by atoms with Crippen LogP contribution in [0.2, 0.25) is 0 Å². The van der Waals surface area contributed by atoms with Crippen molar-refractivity contribution in [2.24, 2.45) is 11.8 Å². The molecule has 0 aromatic rings. The molecule has 3 unspecified atom stereocenters. The Kier molecular flexibility index (Phi) is 4.85. The molecule has 1 fully saturated rings. The Balaban J connectivity index is 2.13. The molecule has 3 nitrogen and oxygen atoms in total. The molecule has 0 aromatic heterocycles. The third kappa shape index (κ3) is 3.95. The fourth-order valence-electron chi connectivity index (χ4n) is 1.93. The van der Waals surface area contributed by atoms with Crippen molar-refractivity contribution in [2.75, 3.05) is 40.9 Å². The van der Waals surface area contributed by atoms with Gasteiger partial charge in [-0.15, -0.1) is 0 Å². The van der Waals surface area contributed by atoms with Gasteiger partial charge in [0.05, 0.1) is 6.61 Å². The summed E-state index contributed by atoms with van der Waals surface area (Å²) in [6, 6.07) is 0.457. The quantitative estimate of drug-likeness (QED) is 0.658. The van der Waals surface area contributed by atoms with Gasteiger partial charge in [-0.3, -0.25) is 0 Å². The molecule has 0 heterocycles. The zero-order chi connectivity index (χ0) is 10.6. The standard InChI is InChI=1S/C11H24N2O/c1-9-5-10(9)6-13(3)7-11(12-2)8-14-4/h9-12H,5-8H2,1-4H3. The highest BCUT2D eigenvalue weighted by Crippen LogP contribution is 2.37. The van der Waals surface area contributed by atoms with Crippen LogP contribution in [0.25, 0.3) is 0 Å². The molecule has 1 aliphatic carbocycles. The second-order valence-electron chi connectivity index (χ2n) is 4.64. The molecule has 0 spiro atoms. The van der Waals surface area contributed by atoms with Crippen molar-refractivity contribution in [3.8, 4) is 0 Å². The van der Waals surface area contributed by atoms with Crippen molar-refractivity contribution in [3.63, 3.8) is 0 Å². The number of likely N-dealkylation sites (N-methyl/N-ethyl adjacent to an activating group) is 2. The van der Waals surface area contributed by atoms with Crippen LogP contribution in [0, 0.1) is 11.8 Å². The Bertz CT molecular complexity index is 163. The summed E-state index contributed by atoms with van der Waals surface area (Å²) in [5.41, 5.74) is 0. The van der Waals surface area contributed by atoms with E-state index in [0.29, 0.717) is 6.04 Å². The zero-order valence-electron chi connectivity index (χ0n) is 9.92. The van der Waals surface area contributed by atoms with Gasteiger partial charge in [-0.1, -0.05) is 6.92 Å². The molecule has 84 valence electrons. The molecule has 0 radical (unpaired) electrons. The molecule has 1 N–H and O–H groups in total. The number of hydrogen-bond donors (Lipinski definition) is 1. The second kappa shape index (κ2) is 5.69. The van der Waals surface area contributed by atoms with Crippen molar-refractivity contribution in [1.29, 1.82) is 0 Å². The minimum absolute atomic E-state index is 0.457. The monoisotopic (exact) mass is 200 g/mol. The summed E-state index contributed by atoms with van der Waals surface area (Å²) < 4.78 is 5.15. The van der Waals surface area contributed by atoms with Crippen LogP contribution in [0.3, 0.4) is 0 Å². The molecular weight excluding hydrogens is 176 g/mol. The smallest absolute Gasteiger partial charge is 0.0628 e. The largest absolute Gasteiger partial charge is 0.383 e. The normalized spacial score (nSPS) is 28.1. The van der Waals surface area contributed by atoms with E-state index >= 15 is 0 Å². The summed E-state index contributed by atoms with van der Waals surface area (Å²) in [6.07, 6.45) is 1.42. The Morgan fingerprint density at radius 1 is 1.57 bits per heavy atom. The fourth-order valence-corrected chi connectivity index (χ4v) is 1.93. The maximum absolute atomic E-state index is 5.15. The first-order chi connectivity index (χ1) is 6.67. The number of ether oxygens (including phenoxy) is 1. The zero-order valence-corrected chi connectivity index (χ0v) is 9.92. The van der Waals surface area contributed by atoms with Crippen molar-refractivity contribution >= 4 is 0 Å². The van der Waals surface area contributed by atoms with E-state index in [1.807, 2.05) is 7.05 Å². The lowest BCUT2D eigenvalue weighted by Gasteiger charge is -2.23. The summed E-state index contributed by atoms with van der Waals surface area (Å²) in [6.45, 7) is 5.45. The topological polar surface area (TPSA) is 24.5 Å². The lowest BCUT2D eigenvalue weighted by molar-refractivity contribution is 0.147. The summed E-state index contributed by atoms with van der Waals surface area (Å²) in [4.78, 5) is 2.41. The number of nitrogens with zero attached hydrogens (tertiary/aromatic N) is 1. The Labute approximate surface area is 87.8 Å². The van der Waals surface area contributed by atoms with Crippen LogP contribution < -0.4 is 5.32 Å². The van der Waals surface area contributed by atoms with Gasteiger partial charge in [-0.25, -0.2) is 0 Å². The van der Waals surface area contributed by atoms with Gasteiger partial charge in [-0.2, -0.15) is 0 Å². The molecule has 14 heavy (non-hydrogen) atoms. The molecule has 1 saturated carbocycles. The van der Waals surface area contributed by atoms with Gasteiger partial charge in [0.15, 0.2) is 0 Å². The van der Waals surface area contributed by atoms with Crippen LogP contribution in [0.4, 0.5) is 0 Å². The van der Waals surface area contributed by atoms with Gasteiger partial charge in [-0.05, 0) is 32.4 Å². The van der Waals surface area contributed by atoms with Crippen LogP contribution in [-0.2, 0) is 4.74 Å². The minimum atomic E-state index is 0.457. The maximum atomic E-state index is 5.15. The van der Waals surface area contributed by atoms with E-state index in [1.54, 1.807) is 7.11 Å². The number of nitrogens with one attached hydrogen (secondary N) is 1. The van der Waals surface area contributed by atoms with E-state index < -0.39 is 0 Å². The second-order valence-corrected chi connectivity index (χ2v) is 4.64. The SMILES string of the molecule is CNC(COC)CN(C)CC1CC1C. The first-order valence-electron chi connectivity index (χ1n) is 5.52. The predicted molar refractivity (Wildman–Crippen MR) is 59.5 cm³/mol. The van der Waals surface area contributed by atoms with Crippen LogP contribution in [0.15, 0.2) is 0 Å². The summed E-state index contributed by atoms with van der Waals surface area (Å²) in [7, 11) is 5.95. The van der Waals surface area contributed by atoms with Gasteiger partial charge >= 0.3 is 0 Å². The third-order valence-electron chi connectivity index (χ3n) is 3.13. The summed E-state index contributed by atoms with van der Waals surface area (Å²) >= 11 is 0. The van der Waals surface area contributed by atoms with Crippen molar-refractivity contribution < 1.29 is 4.74 Å². The third-order valence-corrected chi connectivity index (χ3v) is 3.13. The molecule has 3 heteroatoms. The Morgan fingerprint density at radius 2 is 2.21 bits per heavy atom. The molecule has 0 bridgehead atoms. The average Bonchev–Trinajstić information content (AvgIpc) is 2.80. The maximum Gasteiger partial charge on any atom is 0.0628 e. The molecule has 0 aliphatic heterocycles. The average molecular weight is 200 g/mol. The van der Waals surface area contributed by atoms with Crippen LogP contribution in [-0.4, -0.2) is 51.8 Å². The van der Waals surface area contributed by atoms with E-state index in [1.165, 1.54) is 13.0 Å². The van der Waals surface area contributed by atoms with Crippen molar-refractivity contribution in [3.05, 3.63) is 0 Å². The van der Waals surface area contributed by atoms with Crippen molar-refractivity contribution in [1.82, 2.24) is 10.2 Å². The molecule has 0 aromatic carbocycles. The van der Waals surface area contributed by atoms with E-state index in [0.717, 1.165) is 25.0 Å². The van der Waals surface area contributed by atoms with E-state index in [-0.39, 0.29) is 0 Å². The van der Waals surface area contributed by atoms with Gasteiger partial charge in [0.1, 0.15) is 0 Å². The highest BCUT2D eigenvalue weighted by atomic mass is 16.5. The molecule has 0 amide bonds. The van der Waals surface area contributed by atoms with E-state index in [9.17, 15) is 0 Å². The fraction of sp³-hybridized carbons (Fsp3) is 1.00. The Hall–Kier alpha value is -0.120. The van der Waals surface area contributed by atoms with Gasteiger partial charge in [0, 0.05) is 26.2 Å².